The predicted octanol–water partition coefficient (Wildman–Crippen LogP) is 3.96. The van der Waals surface area contributed by atoms with Crippen LogP contribution in [0.2, 0.25) is 5.02 Å². The topological polar surface area (TPSA) is 84.6 Å². The minimum absolute atomic E-state index is 0.347. The second-order valence-corrected chi connectivity index (χ2v) is 6.78. The van der Waals surface area contributed by atoms with Crippen molar-refractivity contribution in [2.75, 3.05) is 13.7 Å². The van der Waals surface area contributed by atoms with Crippen LogP contribution in [0.4, 0.5) is 0 Å². The van der Waals surface area contributed by atoms with Crippen molar-refractivity contribution in [2.24, 2.45) is 4.99 Å². The number of hydrogen-bond donors (Lipinski definition) is 2. The number of aliphatic imine (C=N–C) groups is 1. The average molecular weight is 414 g/mol. The molecule has 1 heterocycles. The molecule has 1 aromatic heterocycles. The molecule has 8 heteroatoms. The number of ether oxygens (including phenoxy) is 1. The molecule has 0 aliphatic heterocycles. The maximum atomic E-state index is 6.02. The summed E-state index contributed by atoms with van der Waals surface area (Å²) in [7, 11) is 1.71. The van der Waals surface area contributed by atoms with Gasteiger partial charge in [-0.3, -0.25) is 4.99 Å². The van der Waals surface area contributed by atoms with Gasteiger partial charge in [0.2, 0.25) is 11.7 Å². The molecule has 0 bridgehead atoms. The van der Waals surface area contributed by atoms with Gasteiger partial charge in [-0.2, -0.15) is 4.98 Å². The molecule has 0 saturated heterocycles. The lowest BCUT2D eigenvalue weighted by Crippen LogP contribution is -2.36. The van der Waals surface area contributed by atoms with Gasteiger partial charge in [-0.05, 0) is 37.6 Å². The van der Waals surface area contributed by atoms with Crippen LogP contribution in [0.25, 0.3) is 11.4 Å². The van der Waals surface area contributed by atoms with Crippen LogP contribution >= 0.6 is 11.6 Å². The second kappa shape index (κ2) is 9.93. The van der Waals surface area contributed by atoms with E-state index in [1.807, 2.05) is 32.0 Å². The fourth-order valence-corrected chi connectivity index (χ4v) is 2.92. The summed E-state index contributed by atoms with van der Waals surface area (Å²) in [5.41, 5.74) is 3.02. The SMILES string of the molecule is CCOc1cc(C)ccc1CNC(=NC)NCc1nc(-c2cccc(Cl)c2)no1. The van der Waals surface area contributed by atoms with E-state index in [0.29, 0.717) is 42.4 Å². The molecule has 0 atom stereocenters. The molecule has 2 N–H and O–H groups in total. The first-order chi connectivity index (χ1) is 14.1. The van der Waals surface area contributed by atoms with Gasteiger partial charge in [0.05, 0.1) is 13.2 Å². The summed E-state index contributed by atoms with van der Waals surface area (Å²) in [5, 5.41) is 11.1. The monoisotopic (exact) mass is 413 g/mol. The van der Waals surface area contributed by atoms with Gasteiger partial charge in [-0.1, -0.05) is 41.0 Å². The molecule has 0 fully saturated rings. The highest BCUT2D eigenvalue weighted by Crippen LogP contribution is 2.21. The van der Waals surface area contributed by atoms with Gasteiger partial charge < -0.3 is 19.9 Å². The summed E-state index contributed by atoms with van der Waals surface area (Å²) in [6, 6.07) is 13.5. The lowest BCUT2D eigenvalue weighted by atomic mass is 10.1. The van der Waals surface area contributed by atoms with E-state index in [0.717, 1.165) is 22.4 Å². The van der Waals surface area contributed by atoms with E-state index in [2.05, 4.69) is 37.9 Å². The van der Waals surface area contributed by atoms with Crippen molar-refractivity contribution < 1.29 is 9.26 Å². The highest BCUT2D eigenvalue weighted by atomic mass is 35.5. The largest absolute Gasteiger partial charge is 0.494 e. The first-order valence-electron chi connectivity index (χ1n) is 9.34. The number of rotatable bonds is 7. The van der Waals surface area contributed by atoms with E-state index in [9.17, 15) is 0 Å². The number of aryl methyl sites for hydroxylation is 1. The van der Waals surface area contributed by atoms with Crippen LogP contribution in [0.3, 0.4) is 0 Å². The van der Waals surface area contributed by atoms with Crippen LogP contribution < -0.4 is 15.4 Å². The molecular formula is C21H24ClN5O2. The minimum atomic E-state index is 0.347. The van der Waals surface area contributed by atoms with E-state index in [4.69, 9.17) is 20.9 Å². The summed E-state index contributed by atoms with van der Waals surface area (Å²) < 4.78 is 11.0. The Bertz CT molecular complexity index is 987. The molecule has 0 saturated carbocycles. The third-order valence-electron chi connectivity index (χ3n) is 4.15. The Morgan fingerprint density at radius 2 is 2.00 bits per heavy atom. The zero-order chi connectivity index (χ0) is 20.6. The van der Waals surface area contributed by atoms with Crippen molar-refractivity contribution in [1.29, 1.82) is 0 Å². The number of benzene rings is 2. The maximum absolute atomic E-state index is 6.02. The van der Waals surface area contributed by atoms with Crippen LogP contribution in [0.1, 0.15) is 23.9 Å². The summed E-state index contributed by atoms with van der Waals surface area (Å²) in [4.78, 5) is 8.63. The number of hydrogen-bond acceptors (Lipinski definition) is 5. The highest BCUT2D eigenvalue weighted by molar-refractivity contribution is 6.30. The van der Waals surface area contributed by atoms with Crippen LogP contribution in [0.15, 0.2) is 52.0 Å². The molecule has 3 aromatic rings. The number of nitrogens with zero attached hydrogens (tertiary/aromatic N) is 3. The first kappa shape index (κ1) is 20.7. The van der Waals surface area contributed by atoms with Crippen molar-refractivity contribution in [1.82, 2.24) is 20.8 Å². The highest BCUT2D eigenvalue weighted by Gasteiger charge is 2.10. The summed E-state index contributed by atoms with van der Waals surface area (Å²) in [5.74, 6) is 2.44. The molecular weight excluding hydrogens is 390 g/mol. The van der Waals surface area contributed by atoms with E-state index in [-0.39, 0.29) is 0 Å². The van der Waals surface area contributed by atoms with Crippen molar-refractivity contribution in [3.63, 3.8) is 0 Å². The molecule has 0 aliphatic carbocycles. The molecule has 0 radical (unpaired) electrons. The summed E-state index contributed by atoms with van der Waals surface area (Å²) in [6.45, 7) is 5.56. The third-order valence-corrected chi connectivity index (χ3v) is 4.39. The lowest BCUT2D eigenvalue weighted by Gasteiger charge is -2.14. The quantitative estimate of drug-likeness (QED) is 0.450. The van der Waals surface area contributed by atoms with Crippen LogP contribution in [0.5, 0.6) is 5.75 Å². The minimum Gasteiger partial charge on any atom is -0.494 e. The van der Waals surface area contributed by atoms with E-state index < -0.39 is 0 Å². The number of aromatic nitrogens is 2. The van der Waals surface area contributed by atoms with E-state index in [1.165, 1.54) is 0 Å². The maximum Gasteiger partial charge on any atom is 0.246 e. The zero-order valence-corrected chi connectivity index (χ0v) is 17.5. The molecule has 2 aromatic carbocycles. The first-order valence-corrected chi connectivity index (χ1v) is 9.72. The van der Waals surface area contributed by atoms with Crippen molar-refractivity contribution >= 4 is 17.6 Å². The van der Waals surface area contributed by atoms with Gasteiger partial charge in [0, 0.05) is 29.7 Å². The van der Waals surface area contributed by atoms with Gasteiger partial charge in [0.1, 0.15) is 5.75 Å². The Kier molecular flexibility index (Phi) is 7.08. The zero-order valence-electron chi connectivity index (χ0n) is 16.7. The van der Waals surface area contributed by atoms with Crippen LogP contribution in [0, 0.1) is 6.92 Å². The average Bonchev–Trinajstić information content (AvgIpc) is 3.19. The molecule has 7 nitrogen and oxygen atoms in total. The Morgan fingerprint density at radius 3 is 2.76 bits per heavy atom. The second-order valence-electron chi connectivity index (χ2n) is 6.35. The number of nitrogens with one attached hydrogen (secondary N) is 2. The molecule has 0 amide bonds. The Morgan fingerprint density at radius 1 is 1.17 bits per heavy atom. The summed E-state index contributed by atoms with van der Waals surface area (Å²) in [6.07, 6.45) is 0. The normalized spacial score (nSPS) is 11.4. The van der Waals surface area contributed by atoms with E-state index >= 15 is 0 Å². The Hall–Kier alpha value is -3.06. The van der Waals surface area contributed by atoms with Gasteiger partial charge in [-0.15, -0.1) is 0 Å². The molecule has 0 spiro atoms. The molecule has 29 heavy (non-hydrogen) atoms. The lowest BCUT2D eigenvalue weighted by molar-refractivity contribution is 0.336. The van der Waals surface area contributed by atoms with Crippen molar-refractivity contribution in [2.45, 2.75) is 26.9 Å². The van der Waals surface area contributed by atoms with Gasteiger partial charge in [0.15, 0.2) is 5.96 Å². The van der Waals surface area contributed by atoms with Crippen molar-refractivity contribution in [3.05, 3.63) is 64.5 Å². The van der Waals surface area contributed by atoms with Crippen molar-refractivity contribution in [3.8, 4) is 17.1 Å². The fraction of sp³-hybridized carbons (Fsp3) is 0.286. The third kappa shape index (κ3) is 5.71. The molecule has 3 rings (SSSR count). The van der Waals surface area contributed by atoms with Gasteiger partial charge in [0.25, 0.3) is 0 Å². The predicted molar refractivity (Wildman–Crippen MR) is 114 cm³/mol. The smallest absolute Gasteiger partial charge is 0.246 e. The fourth-order valence-electron chi connectivity index (χ4n) is 2.73. The Labute approximate surface area is 175 Å². The van der Waals surface area contributed by atoms with Crippen LogP contribution in [-0.2, 0) is 13.1 Å². The Balaban J connectivity index is 1.58. The van der Waals surface area contributed by atoms with E-state index in [1.54, 1.807) is 19.2 Å². The van der Waals surface area contributed by atoms with Gasteiger partial charge in [-0.25, -0.2) is 0 Å². The molecule has 0 aliphatic rings. The molecule has 152 valence electrons. The van der Waals surface area contributed by atoms with Crippen LogP contribution in [-0.4, -0.2) is 29.8 Å². The standard InChI is InChI=1S/C21H24ClN5O2/c1-4-28-18-10-14(2)8-9-16(18)12-24-21(23-3)25-13-19-26-20(27-29-19)15-6-5-7-17(22)11-15/h5-11H,4,12-13H2,1-3H3,(H2,23,24,25). The van der Waals surface area contributed by atoms with Gasteiger partial charge >= 0.3 is 0 Å². The number of guanidine groups is 1. The molecule has 0 unspecified atom stereocenters. The summed E-state index contributed by atoms with van der Waals surface area (Å²) >= 11 is 6.02. The number of halogens is 1.